The van der Waals surface area contributed by atoms with E-state index in [0.29, 0.717) is 0 Å². The van der Waals surface area contributed by atoms with E-state index in [4.69, 9.17) is 9.47 Å². The van der Waals surface area contributed by atoms with Crippen molar-refractivity contribution in [3.63, 3.8) is 0 Å². The molecule has 0 N–H and O–H groups in total. The first-order valence-corrected chi connectivity index (χ1v) is 5.43. The Morgan fingerprint density at radius 3 is 2.56 bits per heavy atom. The molecule has 1 aliphatic carbocycles. The quantitative estimate of drug-likeness (QED) is 0.729. The van der Waals surface area contributed by atoms with Crippen LogP contribution in [0.3, 0.4) is 0 Å². The van der Waals surface area contributed by atoms with Crippen LogP contribution < -0.4 is 0 Å². The van der Waals surface area contributed by atoms with E-state index in [9.17, 15) is 4.79 Å². The van der Waals surface area contributed by atoms with Crippen molar-refractivity contribution in [2.75, 3.05) is 14.2 Å². The summed E-state index contributed by atoms with van der Waals surface area (Å²) < 4.78 is 10.2. The van der Waals surface area contributed by atoms with Gasteiger partial charge in [-0.3, -0.25) is 4.79 Å². The van der Waals surface area contributed by atoms with Crippen LogP contribution >= 0.6 is 0 Å². The van der Waals surface area contributed by atoms with Crippen LogP contribution in [-0.4, -0.2) is 20.2 Å². The molecule has 0 amide bonds. The molecule has 0 aromatic heterocycles. The first-order chi connectivity index (χ1) is 7.77. The molecule has 0 heterocycles. The monoisotopic (exact) mass is 220 g/mol. The highest BCUT2D eigenvalue weighted by molar-refractivity contribution is 5.75. The van der Waals surface area contributed by atoms with E-state index in [2.05, 4.69) is 0 Å². The molecule has 86 valence electrons. The van der Waals surface area contributed by atoms with Gasteiger partial charge in [-0.2, -0.15) is 0 Å². The molecule has 0 aliphatic heterocycles. The smallest absolute Gasteiger partial charge is 0.309 e. The van der Waals surface area contributed by atoms with E-state index in [0.717, 1.165) is 12.0 Å². The van der Waals surface area contributed by atoms with Gasteiger partial charge in [-0.1, -0.05) is 30.3 Å². The zero-order valence-corrected chi connectivity index (χ0v) is 9.55. The first kappa shape index (κ1) is 11.1. The highest BCUT2D eigenvalue weighted by Crippen LogP contribution is 2.49. The van der Waals surface area contributed by atoms with Gasteiger partial charge >= 0.3 is 5.97 Å². The molecule has 16 heavy (non-hydrogen) atoms. The molecule has 0 spiro atoms. The van der Waals surface area contributed by atoms with Crippen LogP contribution in [0.2, 0.25) is 0 Å². The number of ether oxygens (including phenoxy) is 2. The summed E-state index contributed by atoms with van der Waals surface area (Å²) in [7, 11) is 3.12. The van der Waals surface area contributed by atoms with Gasteiger partial charge in [0.05, 0.1) is 19.1 Å². The van der Waals surface area contributed by atoms with E-state index < -0.39 is 0 Å². The van der Waals surface area contributed by atoms with Gasteiger partial charge in [0.1, 0.15) is 0 Å². The maximum Gasteiger partial charge on any atom is 0.309 e. The summed E-state index contributed by atoms with van der Waals surface area (Å²) in [6, 6.07) is 10.00. The van der Waals surface area contributed by atoms with Crippen molar-refractivity contribution in [1.82, 2.24) is 0 Å². The number of rotatable bonds is 4. The third kappa shape index (κ3) is 2.09. The lowest BCUT2D eigenvalue weighted by Gasteiger charge is -2.15. The molecule has 3 atom stereocenters. The number of benzene rings is 1. The Labute approximate surface area is 95.4 Å². The molecule has 0 saturated heterocycles. The Kier molecular flexibility index (Phi) is 3.25. The molecule has 1 unspecified atom stereocenters. The van der Waals surface area contributed by atoms with Crippen LogP contribution in [0.15, 0.2) is 30.3 Å². The van der Waals surface area contributed by atoms with E-state index >= 15 is 0 Å². The minimum absolute atomic E-state index is 0.00491. The van der Waals surface area contributed by atoms with Gasteiger partial charge in [0.15, 0.2) is 0 Å². The van der Waals surface area contributed by atoms with E-state index in [1.165, 1.54) is 7.11 Å². The predicted molar refractivity (Wildman–Crippen MR) is 59.8 cm³/mol. The average molecular weight is 220 g/mol. The second kappa shape index (κ2) is 4.66. The topological polar surface area (TPSA) is 35.5 Å². The largest absolute Gasteiger partial charge is 0.469 e. The highest BCUT2D eigenvalue weighted by atomic mass is 16.5. The number of hydrogen-bond donors (Lipinski definition) is 0. The molecule has 1 aromatic carbocycles. The number of esters is 1. The number of hydrogen-bond acceptors (Lipinski definition) is 3. The molecular formula is C13H16O3. The molecule has 1 fully saturated rings. The van der Waals surface area contributed by atoms with Crippen molar-refractivity contribution >= 4 is 5.97 Å². The van der Waals surface area contributed by atoms with Crippen LogP contribution in [0.1, 0.15) is 18.1 Å². The van der Waals surface area contributed by atoms with Crippen molar-refractivity contribution in [3.8, 4) is 0 Å². The lowest BCUT2D eigenvalue weighted by Crippen LogP contribution is -2.10. The lowest BCUT2D eigenvalue weighted by molar-refractivity contribution is -0.143. The van der Waals surface area contributed by atoms with Gasteiger partial charge in [-0.25, -0.2) is 0 Å². The molecule has 1 aliphatic rings. The first-order valence-electron chi connectivity index (χ1n) is 5.43. The van der Waals surface area contributed by atoms with Gasteiger partial charge in [0.2, 0.25) is 0 Å². The summed E-state index contributed by atoms with van der Waals surface area (Å²) in [6.45, 7) is 0. The molecule has 3 nitrogen and oxygen atoms in total. The van der Waals surface area contributed by atoms with Gasteiger partial charge < -0.3 is 9.47 Å². The van der Waals surface area contributed by atoms with Crippen LogP contribution in [-0.2, 0) is 14.3 Å². The Hall–Kier alpha value is -1.35. The minimum atomic E-state index is -0.122. The lowest BCUT2D eigenvalue weighted by atomic mass is 10.0. The van der Waals surface area contributed by atoms with E-state index in [-0.39, 0.29) is 23.9 Å². The average Bonchev–Trinajstić information content (AvgIpc) is 3.11. The Balaban J connectivity index is 2.06. The minimum Gasteiger partial charge on any atom is -0.469 e. The Morgan fingerprint density at radius 1 is 1.31 bits per heavy atom. The molecule has 1 aromatic rings. The molecule has 1 saturated carbocycles. The standard InChI is InChI=1S/C13H16O3/c1-15-12(9-6-4-3-5-7-9)10-8-11(10)13(14)16-2/h3-7,10-12H,8H2,1-2H3/t10-,11-,12?/m1/s1. The van der Waals surface area contributed by atoms with E-state index in [1.807, 2.05) is 30.3 Å². The Morgan fingerprint density at radius 2 is 2.00 bits per heavy atom. The van der Waals surface area contributed by atoms with Gasteiger partial charge in [0, 0.05) is 13.0 Å². The molecular weight excluding hydrogens is 204 g/mol. The zero-order chi connectivity index (χ0) is 11.5. The van der Waals surface area contributed by atoms with Crippen LogP contribution in [0, 0.1) is 11.8 Å². The number of carbonyl (C=O) groups excluding carboxylic acids is 1. The summed E-state index contributed by atoms with van der Waals surface area (Å²) in [5.41, 5.74) is 1.13. The summed E-state index contributed by atoms with van der Waals surface area (Å²) in [6.07, 6.45) is 0.866. The van der Waals surface area contributed by atoms with Crippen LogP contribution in [0.5, 0.6) is 0 Å². The number of methoxy groups -OCH3 is 2. The number of carbonyl (C=O) groups is 1. The maximum absolute atomic E-state index is 11.4. The van der Waals surface area contributed by atoms with Gasteiger partial charge in [-0.05, 0) is 12.0 Å². The summed E-state index contributed by atoms with van der Waals surface area (Å²) in [4.78, 5) is 11.4. The molecule has 3 heteroatoms. The third-order valence-corrected chi connectivity index (χ3v) is 3.11. The fourth-order valence-corrected chi connectivity index (χ4v) is 2.17. The SMILES string of the molecule is COC(=O)[C@@H]1C[C@H]1C(OC)c1ccccc1. The summed E-state index contributed by atoms with van der Waals surface area (Å²) in [5, 5.41) is 0. The van der Waals surface area contributed by atoms with E-state index in [1.54, 1.807) is 7.11 Å². The predicted octanol–water partition coefficient (Wildman–Crippen LogP) is 2.18. The van der Waals surface area contributed by atoms with Crippen molar-refractivity contribution < 1.29 is 14.3 Å². The van der Waals surface area contributed by atoms with Crippen molar-refractivity contribution in [1.29, 1.82) is 0 Å². The maximum atomic E-state index is 11.4. The third-order valence-electron chi connectivity index (χ3n) is 3.11. The zero-order valence-electron chi connectivity index (χ0n) is 9.55. The van der Waals surface area contributed by atoms with Gasteiger partial charge in [0.25, 0.3) is 0 Å². The van der Waals surface area contributed by atoms with Crippen LogP contribution in [0.4, 0.5) is 0 Å². The Bertz CT molecular complexity index is 361. The van der Waals surface area contributed by atoms with Crippen molar-refractivity contribution in [2.45, 2.75) is 12.5 Å². The summed E-state index contributed by atoms with van der Waals surface area (Å²) in [5.74, 6) is 0.151. The van der Waals surface area contributed by atoms with Gasteiger partial charge in [-0.15, -0.1) is 0 Å². The van der Waals surface area contributed by atoms with Crippen LogP contribution in [0.25, 0.3) is 0 Å². The van der Waals surface area contributed by atoms with Crippen molar-refractivity contribution in [2.24, 2.45) is 11.8 Å². The highest BCUT2D eigenvalue weighted by Gasteiger charge is 2.49. The van der Waals surface area contributed by atoms with Crippen molar-refractivity contribution in [3.05, 3.63) is 35.9 Å². The molecule has 0 radical (unpaired) electrons. The second-order valence-electron chi connectivity index (χ2n) is 4.10. The normalized spacial score (nSPS) is 24.9. The fourth-order valence-electron chi connectivity index (χ4n) is 2.17. The molecule has 2 rings (SSSR count). The second-order valence-corrected chi connectivity index (χ2v) is 4.10. The molecule has 0 bridgehead atoms. The fraction of sp³-hybridized carbons (Fsp3) is 0.462. The summed E-state index contributed by atoms with van der Waals surface area (Å²) >= 11 is 0.